The molecule has 0 aromatic rings. The molecule has 0 N–H and O–H groups in total. The average Bonchev–Trinajstić information content (AvgIpc) is 2.54. The molecule has 0 unspecified atom stereocenters. The lowest BCUT2D eigenvalue weighted by Crippen LogP contribution is -2.38. The van der Waals surface area contributed by atoms with Gasteiger partial charge in [0, 0.05) is 6.92 Å². The molecule has 1 aliphatic heterocycles. The molecule has 2 aliphatic rings. The molecule has 1 saturated heterocycles. The van der Waals surface area contributed by atoms with Crippen LogP contribution in [0.25, 0.3) is 0 Å². The van der Waals surface area contributed by atoms with Crippen molar-refractivity contribution < 1.29 is 19.1 Å². The first-order valence-corrected chi connectivity index (χ1v) is 6.18. The molecule has 0 spiro atoms. The van der Waals surface area contributed by atoms with Crippen molar-refractivity contribution in [2.75, 3.05) is 6.54 Å². The Bertz CT molecular complexity index is 389. The smallest absolute Gasteiger partial charge is 0.302 e. The van der Waals surface area contributed by atoms with Crippen molar-refractivity contribution in [1.82, 2.24) is 4.90 Å². The maximum Gasteiger partial charge on any atom is 0.302 e. The Morgan fingerprint density at radius 1 is 1.33 bits per heavy atom. The van der Waals surface area contributed by atoms with Gasteiger partial charge in [-0.2, -0.15) is 0 Å². The van der Waals surface area contributed by atoms with E-state index < -0.39 is 12.1 Å². The van der Waals surface area contributed by atoms with Crippen LogP contribution in [0.2, 0.25) is 0 Å². The summed E-state index contributed by atoms with van der Waals surface area (Å²) in [5.41, 5.74) is 0. The fourth-order valence-corrected chi connectivity index (χ4v) is 2.63. The van der Waals surface area contributed by atoms with Gasteiger partial charge in [-0.15, -0.1) is 0 Å². The number of allylic oxidation sites excluding steroid dienone is 2. The molecule has 18 heavy (non-hydrogen) atoms. The number of hydrogen-bond donors (Lipinski definition) is 0. The van der Waals surface area contributed by atoms with Crippen LogP contribution in [0.3, 0.4) is 0 Å². The van der Waals surface area contributed by atoms with Crippen molar-refractivity contribution in [1.29, 1.82) is 0 Å². The highest BCUT2D eigenvalue weighted by Gasteiger charge is 2.47. The summed E-state index contributed by atoms with van der Waals surface area (Å²) in [5.74, 6) is -1.10. The normalized spacial score (nSPS) is 28.2. The highest BCUT2D eigenvalue weighted by atomic mass is 16.5. The molecule has 2 rings (SSSR count). The van der Waals surface area contributed by atoms with Gasteiger partial charge in [-0.3, -0.25) is 19.3 Å². The minimum atomic E-state index is -0.455. The first-order chi connectivity index (χ1) is 8.50. The minimum Gasteiger partial charge on any atom is -0.461 e. The molecule has 1 heterocycles. The number of fused-ring (bicyclic) bond motifs is 1. The van der Waals surface area contributed by atoms with E-state index in [1.807, 2.05) is 12.2 Å². The second-order valence-corrected chi connectivity index (χ2v) is 4.86. The van der Waals surface area contributed by atoms with Gasteiger partial charge in [0.1, 0.15) is 6.10 Å². The second-order valence-electron chi connectivity index (χ2n) is 4.86. The summed E-state index contributed by atoms with van der Waals surface area (Å²) < 4.78 is 4.96. The maximum absolute atomic E-state index is 12.1. The maximum atomic E-state index is 12.1. The zero-order chi connectivity index (χ0) is 13.3. The van der Waals surface area contributed by atoms with Gasteiger partial charge in [0.05, 0.1) is 18.4 Å². The molecule has 1 fully saturated rings. The van der Waals surface area contributed by atoms with E-state index in [2.05, 4.69) is 0 Å². The van der Waals surface area contributed by atoms with Gasteiger partial charge in [0.2, 0.25) is 11.8 Å². The zero-order valence-electron chi connectivity index (χ0n) is 10.6. The van der Waals surface area contributed by atoms with Crippen molar-refractivity contribution in [3.05, 3.63) is 12.2 Å². The molecular formula is C13H17NO4. The number of imide groups is 1. The monoisotopic (exact) mass is 251 g/mol. The van der Waals surface area contributed by atoms with Crippen LogP contribution < -0.4 is 0 Å². The molecule has 0 saturated carbocycles. The SMILES string of the molecule is CC(=O)O[C@H](C)CN1C(=O)[C@H]2CC=CC[C@H]2C1=O. The molecule has 0 aromatic carbocycles. The van der Waals surface area contributed by atoms with Crippen LogP contribution in [0.15, 0.2) is 12.2 Å². The second kappa shape index (κ2) is 4.92. The molecule has 98 valence electrons. The van der Waals surface area contributed by atoms with E-state index in [4.69, 9.17) is 4.74 Å². The van der Waals surface area contributed by atoms with Gasteiger partial charge in [-0.1, -0.05) is 12.2 Å². The molecule has 5 nitrogen and oxygen atoms in total. The van der Waals surface area contributed by atoms with Crippen molar-refractivity contribution in [2.24, 2.45) is 11.8 Å². The van der Waals surface area contributed by atoms with Gasteiger partial charge in [-0.25, -0.2) is 0 Å². The number of nitrogens with zero attached hydrogens (tertiary/aromatic N) is 1. The van der Waals surface area contributed by atoms with E-state index in [9.17, 15) is 14.4 Å². The van der Waals surface area contributed by atoms with Crippen molar-refractivity contribution in [3.63, 3.8) is 0 Å². The first kappa shape index (κ1) is 12.8. The summed E-state index contributed by atoms with van der Waals surface area (Å²) in [5, 5.41) is 0. The Labute approximate surface area is 106 Å². The van der Waals surface area contributed by atoms with E-state index in [0.29, 0.717) is 12.8 Å². The van der Waals surface area contributed by atoms with Gasteiger partial charge in [0.25, 0.3) is 0 Å². The van der Waals surface area contributed by atoms with E-state index in [1.165, 1.54) is 11.8 Å². The number of likely N-dealkylation sites (tertiary alicyclic amines) is 1. The van der Waals surface area contributed by atoms with Crippen LogP contribution in [0.1, 0.15) is 26.7 Å². The standard InChI is InChI=1S/C13H17NO4/c1-8(18-9(2)15)7-14-12(16)10-5-3-4-6-11(10)13(14)17/h3-4,8,10-11H,5-7H2,1-2H3/t8-,10-,11+/m1/s1. The first-order valence-electron chi connectivity index (χ1n) is 6.18. The molecular weight excluding hydrogens is 234 g/mol. The minimum absolute atomic E-state index is 0.131. The lowest BCUT2D eigenvalue weighted by atomic mass is 9.85. The Morgan fingerprint density at radius 2 is 1.83 bits per heavy atom. The zero-order valence-corrected chi connectivity index (χ0v) is 10.6. The molecule has 0 radical (unpaired) electrons. The molecule has 0 aromatic heterocycles. The highest BCUT2D eigenvalue weighted by Crippen LogP contribution is 2.35. The molecule has 5 heteroatoms. The summed E-state index contributed by atoms with van der Waals surface area (Å²) in [4.78, 5) is 36.3. The molecule has 0 bridgehead atoms. The summed E-state index contributed by atoms with van der Waals surface area (Å²) in [7, 11) is 0. The number of amides is 2. The van der Waals surface area contributed by atoms with Crippen molar-refractivity contribution in [2.45, 2.75) is 32.8 Å². The summed E-state index contributed by atoms with van der Waals surface area (Å²) in [6.07, 6.45) is 4.71. The number of carbonyl (C=O) groups excluding carboxylic acids is 3. The van der Waals surface area contributed by atoms with Gasteiger partial charge in [-0.05, 0) is 19.8 Å². The van der Waals surface area contributed by atoms with E-state index in [1.54, 1.807) is 6.92 Å². The van der Waals surface area contributed by atoms with Crippen molar-refractivity contribution >= 4 is 17.8 Å². The lowest BCUT2D eigenvalue weighted by Gasteiger charge is -2.19. The Morgan fingerprint density at radius 3 is 2.28 bits per heavy atom. The van der Waals surface area contributed by atoms with Crippen LogP contribution in [0.5, 0.6) is 0 Å². The van der Waals surface area contributed by atoms with Crippen LogP contribution in [0.4, 0.5) is 0 Å². The topological polar surface area (TPSA) is 63.7 Å². The number of ether oxygens (including phenoxy) is 1. The average molecular weight is 251 g/mol. The summed E-state index contributed by atoms with van der Waals surface area (Å²) >= 11 is 0. The predicted octanol–water partition coefficient (Wildman–Crippen LogP) is 0.889. The van der Waals surface area contributed by atoms with Crippen molar-refractivity contribution in [3.8, 4) is 0 Å². The summed E-state index contributed by atoms with van der Waals surface area (Å²) in [6.45, 7) is 3.15. The lowest BCUT2D eigenvalue weighted by molar-refractivity contribution is -0.151. The number of carbonyl (C=O) groups is 3. The van der Waals surface area contributed by atoms with E-state index in [0.717, 1.165) is 0 Å². The number of rotatable bonds is 3. The molecule has 3 atom stereocenters. The Balaban J connectivity index is 2.04. The van der Waals surface area contributed by atoms with Gasteiger partial charge < -0.3 is 4.74 Å². The van der Waals surface area contributed by atoms with Crippen LogP contribution >= 0.6 is 0 Å². The largest absolute Gasteiger partial charge is 0.461 e. The molecule has 1 aliphatic carbocycles. The van der Waals surface area contributed by atoms with Crippen LogP contribution in [-0.2, 0) is 19.1 Å². The fraction of sp³-hybridized carbons (Fsp3) is 0.615. The third-order valence-corrected chi connectivity index (χ3v) is 3.41. The Hall–Kier alpha value is -1.65. The quantitative estimate of drug-likeness (QED) is 0.424. The Kier molecular flexibility index (Phi) is 3.50. The molecule has 2 amide bonds. The highest BCUT2D eigenvalue weighted by molar-refractivity contribution is 6.05. The van der Waals surface area contributed by atoms with Gasteiger partial charge >= 0.3 is 5.97 Å². The predicted molar refractivity (Wildman–Crippen MR) is 63.3 cm³/mol. The van der Waals surface area contributed by atoms with Crippen LogP contribution in [-0.4, -0.2) is 35.3 Å². The third kappa shape index (κ3) is 2.30. The van der Waals surface area contributed by atoms with E-state index in [-0.39, 0.29) is 30.2 Å². The summed E-state index contributed by atoms with van der Waals surface area (Å²) in [6, 6.07) is 0. The fourth-order valence-electron chi connectivity index (χ4n) is 2.63. The van der Waals surface area contributed by atoms with E-state index >= 15 is 0 Å². The number of hydrogen-bond acceptors (Lipinski definition) is 4. The van der Waals surface area contributed by atoms with Crippen LogP contribution in [0, 0.1) is 11.8 Å². The third-order valence-electron chi connectivity index (χ3n) is 3.41. The number of esters is 1. The van der Waals surface area contributed by atoms with Gasteiger partial charge in [0.15, 0.2) is 0 Å².